The molecule has 1 amide bonds. The summed E-state index contributed by atoms with van der Waals surface area (Å²) in [5.41, 5.74) is 0.370. The fraction of sp³-hybridized carbons (Fsp3) is 0.471. The van der Waals surface area contributed by atoms with Gasteiger partial charge in [0.2, 0.25) is 5.91 Å². The number of rotatable bonds is 18. The number of carbonyl (C=O) groups excluding carboxylic acids is 2. The molecule has 0 radical (unpaired) electrons. The van der Waals surface area contributed by atoms with Crippen molar-refractivity contribution < 1.29 is 57.5 Å². The molecule has 0 heterocycles. The van der Waals surface area contributed by atoms with Crippen LogP contribution in [0.15, 0.2) is 72.8 Å². The number of unbranched alkanes of at least 4 members (excludes halogenated alkanes) is 1. The third-order valence-electron chi connectivity index (χ3n) is 7.87. The normalized spacial score (nSPS) is 20.6. The maximum atomic E-state index is 12.9. The van der Waals surface area contributed by atoms with Gasteiger partial charge in [-0.25, -0.2) is 4.79 Å². The van der Waals surface area contributed by atoms with Crippen LogP contribution in [-0.2, 0) is 38.6 Å². The fourth-order valence-electron chi connectivity index (χ4n) is 5.23. The summed E-state index contributed by atoms with van der Waals surface area (Å²) < 4.78 is 49.2. The molecular formula is C34H41F3N2O10. The van der Waals surface area contributed by atoms with Crippen molar-refractivity contribution >= 4 is 11.9 Å². The highest BCUT2D eigenvalue weighted by molar-refractivity contribution is 5.84. The average Bonchev–Trinajstić information content (AvgIpc) is 3.33. The van der Waals surface area contributed by atoms with Gasteiger partial charge in [0, 0.05) is 18.8 Å². The summed E-state index contributed by atoms with van der Waals surface area (Å²) in [5.74, 6) is -1.80. The van der Waals surface area contributed by atoms with E-state index in [9.17, 15) is 48.2 Å². The maximum Gasteiger partial charge on any atom is 0.416 e. The second kappa shape index (κ2) is 18.9. The second-order valence-corrected chi connectivity index (χ2v) is 11.7. The Hall–Kier alpha value is -4.47. The summed E-state index contributed by atoms with van der Waals surface area (Å²) in [6.07, 6.45) is 1.15. The number of carbonyl (C=O) groups is 2. The number of esters is 1. The summed E-state index contributed by atoms with van der Waals surface area (Å²) in [6, 6.07) is 9.96. The van der Waals surface area contributed by atoms with E-state index in [1.165, 1.54) is 25.1 Å². The number of hydrogen-bond acceptors (Lipinski definition) is 10. The van der Waals surface area contributed by atoms with E-state index in [1.807, 2.05) is 12.2 Å². The SMILES string of the molecule is CC(NC(=O)CCCC=CC[C@@H]1[C@@H](C=C[C@@H](O)COc2cccc(C(F)(F)F)c2)[C@H](O)C[C@@H]1O)C(=O)OCc1ccc(CO[N+](=O)[O-])cc1. The van der Waals surface area contributed by atoms with Gasteiger partial charge in [-0.05, 0) is 61.4 Å². The Kier molecular flexibility index (Phi) is 15.0. The van der Waals surface area contributed by atoms with E-state index in [1.54, 1.807) is 30.3 Å². The first-order valence-electron chi connectivity index (χ1n) is 15.7. The van der Waals surface area contributed by atoms with Crippen molar-refractivity contribution in [3.8, 4) is 5.75 Å². The number of allylic oxidation sites excluding steroid dienone is 2. The van der Waals surface area contributed by atoms with E-state index >= 15 is 0 Å². The molecule has 12 nitrogen and oxygen atoms in total. The number of nitrogens with one attached hydrogen (secondary N) is 1. The molecule has 0 spiro atoms. The Morgan fingerprint density at radius 2 is 1.78 bits per heavy atom. The number of aliphatic hydroxyl groups is 3. The smallest absolute Gasteiger partial charge is 0.416 e. The summed E-state index contributed by atoms with van der Waals surface area (Å²) in [4.78, 5) is 39.2. The number of benzene rings is 2. The van der Waals surface area contributed by atoms with Crippen LogP contribution in [0.2, 0.25) is 0 Å². The largest absolute Gasteiger partial charge is 0.491 e. The van der Waals surface area contributed by atoms with Gasteiger partial charge in [0.05, 0.1) is 17.8 Å². The molecule has 0 saturated heterocycles. The molecule has 1 fully saturated rings. The number of ether oxygens (including phenoxy) is 2. The predicted molar refractivity (Wildman–Crippen MR) is 169 cm³/mol. The van der Waals surface area contributed by atoms with Gasteiger partial charge in [-0.2, -0.15) is 13.2 Å². The van der Waals surface area contributed by atoms with Crippen LogP contribution >= 0.6 is 0 Å². The molecule has 2 aromatic rings. The van der Waals surface area contributed by atoms with Crippen LogP contribution < -0.4 is 10.1 Å². The average molecular weight is 695 g/mol. The molecule has 268 valence electrons. The van der Waals surface area contributed by atoms with Crippen molar-refractivity contribution in [1.29, 1.82) is 0 Å². The molecule has 1 unspecified atom stereocenters. The molecule has 1 saturated carbocycles. The van der Waals surface area contributed by atoms with Gasteiger partial charge in [0.1, 0.15) is 37.7 Å². The van der Waals surface area contributed by atoms with Crippen LogP contribution in [0.5, 0.6) is 5.75 Å². The Balaban J connectivity index is 1.35. The second-order valence-electron chi connectivity index (χ2n) is 11.7. The molecule has 0 bridgehead atoms. The minimum atomic E-state index is -4.52. The van der Waals surface area contributed by atoms with Crippen molar-refractivity contribution in [2.45, 2.75) is 82.8 Å². The van der Waals surface area contributed by atoms with Crippen molar-refractivity contribution in [3.63, 3.8) is 0 Å². The van der Waals surface area contributed by atoms with Gasteiger partial charge in [0.15, 0.2) is 0 Å². The van der Waals surface area contributed by atoms with E-state index in [2.05, 4.69) is 10.2 Å². The molecule has 0 aliphatic heterocycles. The standard InChI is InChI=1S/C34H41F3N2O10/c1-22(33(44)48-19-23-11-13-24(14-12-23)20-49-39(45)46)38-32(43)10-5-3-2-4-9-28-29(31(42)18-30(28)41)16-15-26(40)21-47-27-8-6-7-25(17-27)34(35,36)37/h2,4,6-8,11-17,22,26,28-31,40-42H,3,5,9-10,18-21H2,1H3,(H,38,43)/t22?,26-,28-,29-,30+,31-/m1/s1. The number of aliphatic hydroxyl groups excluding tert-OH is 3. The van der Waals surface area contributed by atoms with Crippen LogP contribution in [0.4, 0.5) is 13.2 Å². The zero-order chi connectivity index (χ0) is 36.0. The van der Waals surface area contributed by atoms with Gasteiger partial charge >= 0.3 is 12.1 Å². The van der Waals surface area contributed by atoms with Crippen LogP contribution in [0, 0.1) is 22.0 Å². The Bertz CT molecular complexity index is 1430. The summed E-state index contributed by atoms with van der Waals surface area (Å²) in [7, 11) is 0. The molecule has 2 aromatic carbocycles. The van der Waals surface area contributed by atoms with E-state index in [0.29, 0.717) is 30.4 Å². The maximum absolute atomic E-state index is 12.9. The third-order valence-corrected chi connectivity index (χ3v) is 7.87. The monoisotopic (exact) mass is 694 g/mol. The molecule has 15 heteroatoms. The van der Waals surface area contributed by atoms with Gasteiger partial charge in [-0.15, -0.1) is 10.1 Å². The zero-order valence-electron chi connectivity index (χ0n) is 26.8. The predicted octanol–water partition coefficient (Wildman–Crippen LogP) is 4.43. The van der Waals surface area contributed by atoms with Crippen molar-refractivity contribution in [2.75, 3.05) is 6.61 Å². The first kappa shape index (κ1) is 39.0. The van der Waals surface area contributed by atoms with Gasteiger partial charge < -0.3 is 34.9 Å². The van der Waals surface area contributed by atoms with Gasteiger partial charge in [-0.1, -0.05) is 54.6 Å². The number of nitrogens with zero attached hydrogens (tertiary/aromatic N) is 1. The lowest BCUT2D eigenvalue weighted by molar-refractivity contribution is -0.763. The van der Waals surface area contributed by atoms with Crippen LogP contribution in [0.25, 0.3) is 0 Å². The minimum Gasteiger partial charge on any atom is -0.491 e. The Morgan fingerprint density at radius 3 is 2.45 bits per heavy atom. The van der Waals surface area contributed by atoms with Gasteiger partial charge in [-0.3, -0.25) is 4.79 Å². The highest BCUT2D eigenvalue weighted by Gasteiger charge is 2.39. The Morgan fingerprint density at radius 1 is 1.08 bits per heavy atom. The number of alkyl halides is 3. The summed E-state index contributed by atoms with van der Waals surface area (Å²) >= 11 is 0. The lowest BCUT2D eigenvalue weighted by Gasteiger charge is -2.19. The molecule has 1 aliphatic rings. The van der Waals surface area contributed by atoms with E-state index < -0.39 is 53.1 Å². The lowest BCUT2D eigenvalue weighted by atomic mass is 9.89. The topological polar surface area (TPSA) is 178 Å². The van der Waals surface area contributed by atoms with Crippen molar-refractivity contribution in [2.24, 2.45) is 11.8 Å². The lowest BCUT2D eigenvalue weighted by Crippen LogP contribution is -2.39. The molecule has 1 aliphatic carbocycles. The molecule has 3 rings (SSSR count). The number of halogens is 3. The van der Waals surface area contributed by atoms with Crippen LogP contribution in [0.3, 0.4) is 0 Å². The number of amides is 1. The zero-order valence-corrected chi connectivity index (χ0v) is 26.8. The highest BCUT2D eigenvalue weighted by Crippen LogP contribution is 2.36. The third kappa shape index (κ3) is 13.5. The quantitative estimate of drug-likeness (QED) is 0.0574. The van der Waals surface area contributed by atoms with E-state index in [-0.39, 0.29) is 50.2 Å². The van der Waals surface area contributed by atoms with Crippen LogP contribution in [-0.4, -0.2) is 63.2 Å². The number of hydrogen-bond donors (Lipinski definition) is 4. The fourth-order valence-corrected chi connectivity index (χ4v) is 5.23. The molecule has 0 aromatic heterocycles. The molecule has 4 N–H and O–H groups in total. The molecule has 6 atom stereocenters. The van der Waals surface area contributed by atoms with Crippen molar-refractivity contribution in [3.05, 3.63) is 99.6 Å². The molecule has 49 heavy (non-hydrogen) atoms. The first-order chi connectivity index (χ1) is 23.2. The summed E-state index contributed by atoms with van der Waals surface area (Å²) in [6.45, 7) is 0.971. The van der Waals surface area contributed by atoms with E-state index in [0.717, 1.165) is 12.1 Å². The van der Waals surface area contributed by atoms with Gasteiger partial charge in [0.25, 0.3) is 5.09 Å². The minimum absolute atomic E-state index is 0.0398. The highest BCUT2D eigenvalue weighted by atomic mass is 19.4. The van der Waals surface area contributed by atoms with Crippen LogP contribution in [0.1, 0.15) is 55.7 Å². The molecular weight excluding hydrogens is 653 g/mol. The first-order valence-corrected chi connectivity index (χ1v) is 15.7. The van der Waals surface area contributed by atoms with E-state index in [4.69, 9.17) is 9.47 Å². The Labute approximate surface area is 281 Å². The van der Waals surface area contributed by atoms with Crippen molar-refractivity contribution in [1.82, 2.24) is 5.32 Å². The summed E-state index contributed by atoms with van der Waals surface area (Å²) in [5, 5.41) is 43.2.